The minimum Gasteiger partial charge on any atom is -0.456 e. The second kappa shape index (κ2) is 14.7. The number of aryl methyl sites for hydroxylation is 2. The van der Waals surface area contributed by atoms with Gasteiger partial charge in [-0.1, -0.05) is 96.0 Å². The Morgan fingerprint density at radius 1 is 0.851 bits per heavy atom. The van der Waals surface area contributed by atoms with E-state index in [1.807, 2.05) is 20.8 Å². The van der Waals surface area contributed by atoms with Gasteiger partial charge in [-0.3, -0.25) is 9.78 Å². The molecule has 4 aromatic rings. The summed E-state index contributed by atoms with van der Waals surface area (Å²) in [6.07, 6.45) is 4.53. The van der Waals surface area contributed by atoms with Gasteiger partial charge in [0.2, 0.25) is 0 Å². The Balaban J connectivity index is 1.35. The monoisotopic (exact) mass is 670 g/mol. The molecular formula is C40H44Cl2N2O3. The van der Waals surface area contributed by atoms with Gasteiger partial charge in [-0.15, -0.1) is 0 Å². The standard InChI is InChI=1S/C40H44Cl2N2O3/c1-27-34(38(46)47-39(3,4)5)36(31-19-14-20-32(41)37(31)42)35(28(2)45)33(43-27)21-12-13-24-44-25-22-40(23-26-44,29-15-8-6-9-16-29)30-17-10-7-11-18-30/h6-11,14-20H,12-13,21-26H2,1-5H3. The number of piperidine rings is 1. The van der Waals surface area contributed by atoms with Crippen molar-refractivity contribution in [3.8, 4) is 11.1 Å². The van der Waals surface area contributed by atoms with E-state index in [0.29, 0.717) is 39.5 Å². The van der Waals surface area contributed by atoms with Crippen molar-refractivity contribution in [3.63, 3.8) is 0 Å². The Morgan fingerprint density at radius 2 is 1.45 bits per heavy atom. The fraction of sp³-hybridized carbons (Fsp3) is 0.375. The molecule has 0 amide bonds. The average molecular weight is 672 g/mol. The van der Waals surface area contributed by atoms with Gasteiger partial charge in [0, 0.05) is 22.1 Å². The number of unbranched alkanes of at least 4 members (excludes halogenated alkanes) is 1. The van der Waals surface area contributed by atoms with Crippen LogP contribution in [0.5, 0.6) is 0 Å². The molecule has 0 aliphatic carbocycles. The van der Waals surface area contributed by atoms with E-state index >= 15 is 0 Å². The molecule has 0 atom stereocenters. The van der Waals surface area contributed by atoms with E-state index in [9.17, 15) is 9.59 Å². The van der Waals surface area contributed by atoms with Crippen molar-refractivity contribution in [1.82, 2.24) is 9.88 Å². The van der Waals surface area contributed by atoms with Crippen LogP contribution in [0.3, 0.4) is 0 Å². The number of hydrogen-bond acceptors (Lipinski definition) is 5. The molecule has 0 radical (unpaired) electrons. The number of carbonyl (C=O) groups is 2. The van der Waals surface area contributed by atoms with E-state index in [4.69, 9.17) is 32.9 Å². The predicted octanol–water partition coefficient (Wildman–Crippen LogP) is 9.93. The number of esters is 1. The van der Waals surface area contributed by atoms with E-state index in [2.05, 4.69) is 65.6 Å². The van der Waals surface area contributed by atoms with Gasteiger partial charge in [0.05, 0.1) is 27.0 Å². The highest BCUT2D eigenvalue weighted by molar-refractivity contribution is 6.44. The highest BCUT2D eigenvalue weighted by Gasteiger charge is 2.37. The highest BCUT2D eigenvalue weighted by Crippen LogP contribution is 2.42. The topological polar surface area (TPSA) is 59.5 Å². The van der Waals surface area contributed by atoms with Crippen LogP contribution < -0.4 is 0 Å². The third-order valence-electron chi connectivity index (χ3n) is 9.13. The quantitative estimate of drug-likeness (QED) is 0.0955. The van der Waals surface area contributed by atoms with E-state index in [-0.39, 0.29) is 21.8 Å². The maximum absolute atomic E-state index is 13.6. The smallest absolute Gasteiger partial charge is 0.341 e. The van der Waals surface area contributed by atoms with Crippen LogP contribution in [0.4, 0.5) is 0 Å². The number of aromatic nitrogens is 1. The third-order valence-corrected chi connectivity index (χ3v) is 9.95. The molecule has 246 valence electrons. The van der Waals surface area contributed by atoms with Crippen LogP contribution in [0, 0.1) is 6.92 Å². The molecule has 0 bridgehead atoms. The molecule has 7 heteroatoms. The molecule has 0 N–H and O–H groups in total. The van der Waals surface area contributed by atoms with E-state index in [1.165, 1.54) is 18.1 Å². The molecule has 0 spiro atoms. The van der Waals surface area contributed by atoms with Crippen molar-refractivity contribution in [2.45, 2.75) is 77.7 Å². The molecule has 47 heavy (non-hydrogen) atoms. The molecule has 3 aromatic carbocycles. The molecule has 2 heterocycles. The minimum atomic E-state index is -0.732. The predicted molar refractivity (Wildman–Crippen MR) is 192 cm³/mol. The van der Waals surface area contributed by atoms with E-state index in [1.54, 1.807) is 25.1 Å². The number of benzene rings is 3. The second-order valence-corrected chi connectivity index (χ2v) is 14.3. The van der Waals surface area contributed by atoms with Crippen molar-refractivity contribution in [2.24, 2.45) is 0 Å². The van der Waals surface area contributed by atoms with Gasteiger partial charge in [0.15, 0.2) is 5.78 Å². The maximum Gasteiger partial charge on any atom is 0.341 e. The normalized spacial score (nSPS) is 15.0. The number of halogens is 2. The zero-order valence-electron chi connectivity index (χ0n) is 28.0. The first kappa shape index (κ1) is 34.8. The zero-order valence-corrected chi connectivity index (χ0v) is 29.5. The number of nitrogens with zero attached hydrogens (tertiary/aromatic N) is 2. The second-order valence-electron chi connectivity index (χ2n) is 13.5. The Hall–Kier alpha value is -3.51. The molecule has 0 unspecified atom stereocenters. The summed E-state index contributed by atoms with van der Waals surface area (Å²) in [7, 11) is 0. The number of ketones is 1. The number of ether oxygens (including phenoxy) is 1. The first-order valence-electron chi connectivity index (χ1n) is 16.5. The van der Waals surface area contributed by atoms with Crippen LogP contribution in [0.1, 0.15) is 96.6 Å². The number of hydrogen-bond donors (Lipinski definition) is 0. The van der Waals surface area contributed by atoms with Gasteiger partial charge >= 0.3 is 5.97 Å². The van der Waals surface area contributed by atoms with Gasteiger partial charge in [-0.2, -0.15) is 0 Å². The minimum absolute atomic E-state index is 0.0186. The summed E-state index contributed by atoms with van der Waals surface area (Å²) in [5, 5.41) is 0.625. The van der Waals surface area contributed by atoms with Crippen LogP contribution in [0.25, 0.3) is 11.1 Å². The lowest BCUT2D eigenvalue weighted by atomic mass is 9.68. The molecule has 5 nitrogen and oxygen atoms in total. The molecule has 1 aromatic heterocycles. The van der Waals surface area contributed by atoms with Gasteiger partial charge in [-0.05, 0) is 104 Å². The molecule has 1 aliphatic rings. The summed E-state index contributed by atoms with van der Waals surface area (Å²) < 4.78 is 5.78. The van der Waals surface area contributed by atoms with Crippen molar-refractivity contribution in [3.05, 3.63) is 123 Å². The summed E-state index contributed by atoms with van der Waals surface area (Å²) in [6.45, 7) is 11.7. The molecule has 1 saturated heterocycles. The number of rotatable bonds is 10. The van der Waals surface area contributed by atoms with Crippen LogP contribution >= 0.6 is 23.2 Å². The summed E-state index contributed by atoms with van der Waals surface area (Å²) in [5.41, 5.74) is 4.82. The lowest BCUT2D eigenvalue weighted by molar-refractivity contribution is 0.00691. The van der Waals surface area contributed by atoms with E-state index in [0.717, 1.165) is 45.3 Å². The fourth-order valence-electron chi connectivity index (χ4n) is 6.91. The largest absolute Gasteiger partial charge is 0.456 e. The lowest BCUT2D eigenvalue weighted by Gasteiger charge is -2.43. The first-order chi connectivity index (χ1) is 22.4. The molecule has 1 fully saturated rings. The van der Waals surface area contributed by atoms with Crippen molar-refractivity contribution >= 4 is 35.0 Å². The first-order valence-corrected chi connectivity index (χ1v) is 17.2. The van der Waals surface area contributed by atoms with Gasteiger partial charge in [0.25, 0.3) is 0 Å². The average Bonchev–Trinajstić information content (AvgIpc) is 3.04. The van der Waals surface area contributed by atoms with Crippen molar-refractivity contribution < 1.29 is 14.3 Å². The SMILES string of the molecule is CC(=O)c1c(CCCCN2CCC(c3ccccc3)(c3ccccc3)CC2)nc(C)c(C(=O)OC(C)(C)C)c1-c1cccc(Cl)c1Cl. The van der Waals surface area contributed by atoms with Gasteiger partial charge < -0.3 is 9.64 Å². The number of carbonyl (C=O) groups excluding carboxylic acids is 2. The molecular weight excluding hydrogens is 627 g/mol. The number of likely N-dealkylation sites (tertiary alicyclic amines) is 1. The van der Waals surface area contributed by atoms with Crippen LogP contribution in [-0.2, 0) is 16.6 Å². The number of pyridine rings is 1. The molecule has 5 rings (SSSR count). The fourth-order valence-corrected chi connectivity index (χ4v) is 7.31. The van der Waals surface area contributed by atoms with Crippen molar-refractivity contribution in [2.75, 3.05) is 19.6 Å². The van der Waals surface area contributed by atoms with Crippen LogP contribution in [-0.4, -0.2) is 46.9 Å². The Kier molecular flexibility index (Phi) is 10.9. The maximum atomic E-state index is 13.6. The zero-order chi connectivity index (χ0) is 33.8. The lowest BCUT2D eigenvalue weighted by Crippen LogP contribution is -2.43. The van der Waals surface area contributed by atoms with Crippen LogP contribution in [0.2, 0.25) is 10.0 Å². The van der Waals surface area contributed by atoms with E-state index < -0.39 is 11.6 Å². The Bertz CT molecular complexity index is 1680. The third kappa shape index (κ3) is 7.80. The van der Waals surface area contributed by atoms with Gasteiger partial charge in [0.1, 0.15) is 5.60 Å². The summed E-state index contributed by atoms with van der Waals surface area (Å²) >= 11 is 13.1. The summed E-state index contributed by atoms with van der Waals surface area (Å²) in [4.78, 5) is 34.3. The van der Waals surface area contributed by atoms with Crippen molar-refractivity contribution in [1.29, 1.82) is 0 Å². The van der Waals surface area contributed by atoms with Gasteiger partial charge in [-0.25, -0.2) is 4.79 Å². The van der Waals surface area contributed by atoms with Crippen LogP contribution in [0.15, 0.2) is 78.9 Å². The molecule has 1 aliphatic heterocycles. The Morgan fingerprint density at radius 3 is 2.00 bits per heavy atom. The number of Topliss-reactive ketones (excluding diaryl/α,β-unsaturated/α-hetero) is 1. The summed E-state index contributed by atoms with van der Waals surface area (Å²) in [6, 6.07) is 27.1. The summed E-state index contributed by atoms with van der Waals surface area (Å²) in [5.74, 6) is -0.729. The highest BCUT2D eigenvalue weighted by atomic mass is 35.5. The Labute approximate surface area is 289 Å². The molecule has 0 saturated carbocycles.